The number of hydrogen-bond acceptors (Lipinski definition) is 7. The van der Waals surface area contributed by atoms with Gasteiger partial charge < -0.3 is 4.98 Å². The number of amides is 1. The van der Waals surface area contributed by atoms with Gasteiger partial charge in [-0.25, -0.2) is 4.98 Å². The molecule has 0 aliphatic carbocycles. The van der Waals surface area contributed by atoms with Crippen molar-refractivity contribution in [1.82, 2.24) is 20.2 Å². The van der Waals surface area contributed by atoms with Crippen molar-refractivity contribution in [2.75, 3.05) is 5.32 Å². The third kappa shape index (κ3) is 4.74. The Morgan fingerprint density at radius 1 is 1.28 bits per heavy atom. The number of nitrogens with zero attached hydrogens (tertiary/aromatic N) is 3. The van der Waals surface area contributed by atoms with Gasteiger partial charge in [0.2, 0.25) is 11.0 Å². The summed E-state index contributed by atoms with van der Waals surface area (Å²) in [6.45, 7) is 1.73. The van der Waals surface area contributed by atoms with Crippen molar-refractivity contribution in [3.05, 3.63) is 51.4 Å². The molecular weight excluding hydrogens is 426 g/mol. The second-order valence-corrected chi connectivity index (χ2v) is 8.13. The minimum atomic E-state index is -0.453. The third-order valence-electron chi connectivity index (χ3n) is 3.05. The van der Waals surface area contributed by atoms with Crippen molar-refractivity contribution in [3.8, 4) is 10.6 Å². The van der Waals surface area contributed by atoms with E-state index in [4.69, 9.17) is 0 Å². The van der Waals surface area contributed by atoms with Crippen molar-refractivity contribution in [1.29, 1.82) is 0 Å². The molecule has 1 atom stereocenters. The van der Waals surface area contributed by atoms with Gasteiger partial charge in [-0.2, -0.15) is 0 Å². The molecule has 0 aliphatic heterocycles. The van der Waals surface area contributed by atoms with E-state index >= 15 is 0 Å². The number of benzene rings is 1. The Morgan fingerprint density at radius 3 is 2.76 bits per heavy atom. The molecule has 3 aromatic rings. The number of carbonyl (C=O) groups excluding carboxylic acids is 1. The van der Waals surface area contributed by atoms with Gasteiger partial charge in [0, 0.05) is 22.3 Å². The minimum absolute atomic E-state index is 0.241. The maximum Gasteiger partial charge on any atom is 0.251 e. The Balaban J connectivity index is 1.64. The number of hydrogen-bond donors (Lipinski definition) is 2. The first-order valence-electron chi connectivity index (χ1n) is 7.13. The van der Waals surface area contributed by atoms with Gasteiger partial charge in [-0.15, -0.1) is 10.2 Å². The van der Waals surface area contributed by atoms with Crippen molar-refractivity contribution in [2.24, 2.45) is 0 Å². The Kier molecular flexibility index (Phi) is 5.61. The van der Waals surface area contributed by atoms with Crippen LogP contribution < -0.4 is 10.9 Å². The first-order valence-corrected chi connectivity index (χ1v) is 9.62. The van der Waals surface area contributed by atoms with Gasteiger partial charge >= 0.3 is 0 Å². The van der Waals surface area contributed by atoms with E-state index in [1.165, 1.54) is 23.6 Å². The molecule has 1 amide bonds. The third-order valence-corrected chi connectivity index (χ3v) is 5.47. The average molecular weight is 438 g/mol. The number of rotatable bonds is 5. The predicted octanol–water partition coefficient (Wildman–Crippen LogP) is 3.17. The first-order chi connectivity index (χ1) is 12.0. The molecule has 2 heterocycles. The second kappa shape index (κ2) is 7.89. The molecule has 7 nitrogen and oxygen atoms in total. The number of aromatic amines is 1. The predicted molar refractivity (Wildman–Crippen MR) is 102 cm³/mol. The SMILES string of the molecule is CC(Sc1nccc(=O)[nH]1)C(=O)Nc1nnc(-c2ccc(Br)cc2)s1. The molecule has 10 heteroatoms. The van der Waals surface area contributed by atoms with Crippen LogP contribution in [0.25, 0.3) is 10.6 Å². The summed E-state index contributed by atoms with van der Waals surface area (Å²) in [5.74, 6) is -0.241. The number of anilines is 1. The zero-order valence-electron chi connectivity index (χ0n) is 12.9. The fraction of sp³-hybridized carbons (Fsp3) is 0.133. The maximum atomic E-state index is 12.3. The summed E-state index contributed by atoms with van der Waals surface area (Å²) >= 11 is 5.84. The van der Waals surface area contributed by atoms with E-state index in [1.54, 1.807) is 6.92 Å². The number of H-pyrrole nitrogens is 1. The lowest BCUT2D eigenvalue weighted by molar-refractivity contribution is -0.115. The highest BCUT2D eigenvalue weighted by molar-refractivity contribution is 9.10. The van der Waals surface area contributed by atoms with E-state index in [-0.39, 0.29) is 11.5 Å². The lowest BCUT2D eigenvalue weighted by atomic mass is 10.2. The molecule has 3 rings (SSSR count). The van der Waals surface area contributed by atoms with Crippen LogP contribution in [-0.2, 0) is 4.79 Å². The van der Waals surface area contributed by atoms with Crippen LogP contribution in [0.3, 0.4) is 0 Å². The summed E-state index contributed by atoms with van der Waals surface area (Å²) in [4.78, 5) is 30.1. The van der Waals surface area contributed by atoms with Gasteiger partial charge in [0.05, 0.1) is 5.25 Å². The summed E-state index contributed by atoms with van der Waals surface area (Å²) in [5, 5.41) is 11.9. The molecule has 0 spiro atoms. The van der Waals surface area contributed by atoms with E-state index in [0.29, 0.717) is 10.3 Å². The molecule has 1 unspecified atom stereocenters. The summed E-state index contributed by atoms with van der Waals surface area (Å²) in [6, 6.07) is 9.00. The average Bonchev–Trinajstić information content (AvgIpc) is 3.04. The van der Waals surface area contributed by atoms with E-state index in [1.807, 2.05) is 24.3 Å². The van der Waals surface area contributed by atoms with Gasteiger partial charge in [0.15, 0.2) is 5.16 Å². The molecule has 0 fully saturated rings. The standard InChI is InChI=1S/C15H12BrN5O2S2/c1-8(24-14-17-7-6-11(22)18-14)12(23)19-15-21-20-13(25-15)9-2-4-10(16)5-3-9/h2-8H,1H3,(H,17,18,22)(H,19,21,23). The quantitative estimate of drug-likeness (QED) is 0.469. The molecule has 1 aromatic carbocycles. The molecular formula is C15H12BrN5O2S2. The summed E-state index contributed by atoms with van der Waals surface area (Å²) in [5.41, 5.74) is 0.669. The second-order valence-electron chi connectivity index (χ2n) is 4.91. The van der Waals surface area contributed by atoms with Gasteiger partial charge in [-0.1, -0.05) is 51.2 Å². The maximum absolute atomic E-state index is 12.3. The van der Waals surface area contributed by atoms with Crippen LogP contribution >= 0.6 is 39.0 Å². The number of thioether (sulfide) groups is 1. The fourth-order valence-corrected chi connectivity index (χ4v) is 3.62. The lowest BCUT2D eigenvalue weighted by Crippen LogP contribution is -2.23. The number of carbonyl (C=O) groups is 1. The van der Waals surface area contributed by atoms with E-state index in [0.717, 1.165) is 26.8 Å². The van der Waals surface area contributed by atoms with Crippen LogP contribution in [0.2, 0.25) is 0 Å². The smallest absolute Gasteiger partial charge is 0.251 e. The topological polar surface area (TPSA) is 101 Å². The van der Waals surface area contributed by atoms with Crippen LogP contribution in [-0.4, -0.2) is 31.3 Å². The Bertz CT molecular complexity index is 941. The fourth-order valence-electron chi connectivity index (χ4n) is 1.82. The molecule has 0 radical (unpaired) electrons. The highest BCUT2D eigenvalue weighted by Crippen LogP contribution is 2.28. The normalized spacial score (nSPS) is 11.9. The van der Waals surface area contributed by atoms with Crippen LogP contribution in [0, 0.1) is 0 Å². The van der Waals surface area contributed by atoms with E-state index in [2.05, 4.69) is 41.4 Å². The van der Waals surface area contributed by atoms with Crippen LogP contribution in [0.15, 0.2) is 51.0 Å². The molecule has 0 saturated heterocycles. The molecule has 128 valence electrons. The van der Waals surface area contributed by atoms with E-state index < -0.39 is 5.25 Å². The van der Waals surface area contributed by atoms with Gasteiger partial charge in [-0.05, 0) is 19.1 Å². The van der Waals surface area contributed by atoms with Crippen LogP contribution in [0.5, 0.6) is 0 Å². The van der Waals surface area contributed by atoms with Crippen molar-refractivity contribution < 1.29 is 4.79 Å². The molecule has 2 aromatic heterocycles. The molecule has 0 aliphatic rings. The largest absolute Gasteiger partial charge is 0.301 e. The van der Waals surface area contributed by atoms with E-state index in [9.17, 15) is 9.59 Å². The van der Waals surface area contributed by atoms with Gasteiger partial charge in [0.1, 0.15) is 5.01 Å². The Hall–Kier alpha value is -2.04. The van der Waals surface area contributed by atoms with Crippen LogP contribution in [0.1, 0.15) is 6.92 Å². The Labute approximate surface area is 159 Å². The molecule has 0 saturated carbocycles. The summed E-state index contributed by atoms with van der Waals surface area (Å²) < 4.78 is 0.979. The zero-order valence-corrected chi connectivity index (χ0v) is 16.1. The van der Waals surface area contributed by atoms with Gasteiger partial charge in [0.25, 0.3) is 5.56 Å². The minimum Gasteiger partial charge on any atom is -0.301 e. The highest BCUT2D eigenvalue weighted by Gasteiger charge is 2.18. The van der Waals surface area contributed by atoms with Crippen molar-refractivity contribution >= 4 is 50.1 Å². The van der Waals surface area contributed by atoms with Crippen molar-refractivity contribution in [3.63, 3.8) is 0 Å². The van der Waals surface area contributed by atoms with Crippen LogP contribution in [0.4, 0.5) is 5.13 Å². The number of aromatic nitrogens is 4. The number of halogens is 1. The monoisotopic (exact) mass is 437 g/mol. The lowest BCUT2D eigenvalue weighted by Gasteiger charge is -2.08. The molecule has 25 heavy (non-hydrogen) atoms. The molecule has 0 bridgehead atoms. The van der Waals surface area contributed by atoms with Crippen molar-refractivity contribution in [2.45, 2.75) is 17.3 Å². The van der Waals surface area contributed by atoms with Gasteiger partial charge in [-0.3, -0.25) is 14.9 Å². The Morgan fingerprint density at radius 2 is 2.04 bits per heavy atom. The summed E-state index contributed by atoms with van der Waals surface area (Å²) in [6.07, 6.45) is 1.40. The number of nitrogens with one attached hydrogen (secondary N) is 2. The highest BCUT2D eigenvalue weighted by atomic mass is 79.9. The summed E-state index contributed by atoms with van der Waals surface area (Å²) in [7, 11) is 0. The molecule has 2 N–H and O–H groups in total. The first kappa shape index (κ1) is 17.8. The zero-order chi connectivity index (χ0) is 17.8.